The summed E-state index contributed by atoms with van der Waals surface area (Å²) in [4.78, 5) is 0. The molecular formula is C122H96O6. The molecule has 0 aliphatic heterocycles. The summed E-state index contributed by atoms with van der Waals surface area (Å²) < 4.78 is 33.0. The normalized spacial score (nSPS) is 11.0. The molecular weight excluding hydrogens is 1560 g/mol. The topological polar surface area (TPSA) is 55.4 Å². The molecule has 620 valence electrons. The molecule has 25 aromatic rings. The van der Waals surface area contributed by atoms with E-state index < -0.39 is 0 Å². The van der Waals surface area contributed by atoms with E-state index >= 15 is 0 Å². The second-order valence-electron chi connectivity index (χ2n) is 31.9. The Morgan fingerprint density at radius 3 is 0.797 bits per heavy atom. The van der Waals surface area contributed by atoms with Crippen LogP contribution in [0.5, 0.6) is 34.5 Å². The van der Waals surface area contributed by atoms with Crippen molar-refractivity contribution >= 4 is 183 Å². The van der Waals surface area contributed by atoms with Crippen LogP contribution in [0.1, 0.15) is 11.1 Å². The molecule has 128 heavy (non-hydrogen) atoms. The van der Waals surface area contributed by atoms with Gasteiger partial charge in [-0.15, -0.1) is 0 Å². The summed E-state index contributed by atoms with van der Waals surface area (Å²) in [6.45, 7) is 4.22. The Hall–Kier alpha value is -16.0. The van der Waals surface area contributed by atoms with Gasteiger partial charge in [0.15, 0.2) is 0 Å². The lowest BCUT2D eigenvalue weighted by atomic mass is 9.91. The summed E-state index contributed by atoms with van der Waals surface area (Å²) in [5.41, 5.74) is 2.53. The smallest absolute Gasteiger partial charge is 0.134 e. The number of methoxy groups -OCH3 is 6. The van der Waals surface area contributed by atoms with E-state index in [1.54, 1.807) is 42.7 Å². The lowest BCUT2D eigenvalue weighted by Crippen LogP contribution is -1.93. The molecule has 0 amide bonds. The predicted molar refractivity (Wildman–Crippen MR) is 549 cm³/mol. The van der Waals surface area contributed by atoms with Gasteiger partial charge in [0.1, 0.15) is 34.5 Å². The zero-order valence-electron chi connectivity index (χ0n) is 73.0. The van der Waals surface area contributed by atoms with Crippen LogP contribution in [0, 0.1) is 13.8 Å². The molecule has 0 N–H and O–H groups in total. The highest BCUT2D eigenvalue weighted by Gasteiger charge is 2.18. The monoisotopic (exact) mass is 1660 g/mol. The van der Waals surface area contributed by atoms with Gasteiger partial charge >= 0.3 is 0 Å². The van der Waals surface area contributed by atoms with Gasteiger partial charge in [0.05, 0.1) is 42.7 Å². The van der Waals surface area contributed by atoms with E-state index in [9.17, 15) is 0 Å². The molecule has 25 rings (SSSR count). The van der Waals surface area contributed by atoms with E-state index in [0.29, 0.717) is 0 Å². The molecule has 0 saturated heterocycles. The highest BCUT2D eigenvalue weighted by atomic mass is 16.5. The summed E-state index contributed by atoms with van der Waals surface area (Å²) in [7, 11) is 10.2. The first-order valence-corrected chi connectivity index (χ1v) is 43.3. The highest BCUT2D eigenvalue weighted by Crippen LogP contribution is 2.46. The highest BCUT2D eigenvalue weighted by molar-refractivity contribution is 6.29. The van der Waals surface area contributed by atoms with E-state index in [1.165, 1.54) is 140 Å². The Kier molecular flexibility index (Phi) is 24.6. The van der Waals surface area contributed by atoms with Crippen molar-refractivity contribution in [2.45, 2.75) is 13.8 Å². The molecule has 0 aliphatic rings. The van der Waals surface area contributed by atoms with Crippen LogP contribution in [-0.2, 0) is 0 Å². The van der Waals surface area contributed by atoms with Gasteiger partial charge in [0.2, 0.25) is 0 Å². The van der Waals surface area contributed by atoms with Crippen LogP contribution >= 0.6 is 0 Å². The van der Waals surface area contributed by atoms with E-state index in [0.717, 1.165) is 88.4 Å². The first kappa shape index (κ1) is 82.9. The lowest BCUT2D eigenvalue weighted by molar-refractivity contribution is 0.410. The summed E-state index contributed by atoms with van der Waals surface area (Å²) in [5, 5.41) is 42.7. The third kappa shape index (κ3) is 17.1. The number of rotatable bonds is 6. The molecule has 6 nitrogen and oxygen atoms in total. The van der Waals surface area contributed by atoms with Crippen LogP contribution in [0.3, 0.4) is 0 Å². The molecule has 0 heterocycles. The minimum atomic E-state index is 0.876. The van der Waals surface area contributed by atoms with Crippen molar-refractivity contribution in [2.24, 2.45) is 0 Å². The number of hydrogen-bond donors (Lipinski definition) is 0. The second kappa shape index (κ2) is 38.0. The molecule has 0 aliphatic carbocycles. The van der Waals surface area contributed by atoms with E-state index in [4.69, 9.17) is 28.4 Å². The van der Waals surface area contributed by atoms with Crippen molar-refractivity contribution in [3.05, 3.63) is 448 Å². The molecule has 0 bridgehead atoms. The van der Waals surface area contributed by atoms with E-state index in [1.807, 2.05) is 72.8 Å². The minimum Gasteiger partial charge on any atom is -0.496 e. The number of hydrogen-bond acceptors (Lipinski definition) is 6. The van der Waals surface area contributed by atoms with Gasteiger partial charge in [0, 0.05) is 53.9 Å². The minimum absolute atomic E-state index is 0.876. The van der Waals surface area contributed by atoms with Gasteiger partial charge in [0.25, 0.3) is 0 Å². The first-order chi connectivity index (χ1) is 63.0. The lowest BCUT2D eigenvalue weighted by Gasteiger charge is -2.15. The third-order valence-corrected chi connectivity index (χ3v) is 24.1. The van der Waals surface area contributed by atoms with Crippen molar-refractivity contribution < 1.29 is 28.4 Å². The Balaban J connectivity index is 0.0000000995. The van der Waals surface area contributed by atoms with Gasteiger partial charge in [-0.3, -0.25) is 0 Å². The average molecular weight is 1660 g/mol. The number of ether oxygens (including phenoxy) is 6. The van der Waals surface area contributed by atoms with Crippen molar-refractivity contribution in [1.82, 2.24) is 0 Å². The van der Waals surface area contributed by atoms with Crippen molar-refractivity contribution in [3.8, 4) is 34.5 Å². The fourth-order valence-electron chi connectivity index (χ4n) is 18.0. The molecule has 0 fully saturated rings. The van der Waals surface area contributed by atoms with Crippen LogP contribution < -0.4 is 28.4 Å². The zero-order valence-corrected chi connectivity index (χ0v) is 73.0. The molecule has 0 saturated carbocycles. The largest absolute Gasteiger partial charge is 0.496 e. The average Bonchev–Trinajstić information content (AvgIpc) is 0.728. The van der Waals surface area contributed by atoms with Gasteiger partial charge < -0.3 is 28.4 Å². The van der Waals surface area contributed by atoms with Gasteiger partial charge in [-0.2, -0.15) is 0 Å². The zero-order chi connectivity index (χ0) is 87.4. The molecule has 0 aromatic heterocycles. The van der Waals surface area contributed by atoms with Crippen LogP contribution in [0.4, 0.5) is 0 Å². The Morgan fingerprint density at radius 2 is 0.375 bits per heavy atom. The fourth-order valence-corrected chi connectivity index (χ4v) is 18.0. The molecule has 25 aromatic carbocycles. The Labute approximate surface area is 745 Å². The Bertz CT molecular complexity index is 7990. The van der Waals surface area contributed by atoms with E-state index in [2.05, 4.69) is 378 Å². The summed E-state index contributed by atoms with van der Waals surface area (Å²) in [5.74, 6) is 5.38. The maximum atomic E-state index is 5.64. The van der Waals surface area contributed by atoms with E-state index in [-0.39, 0.29) is 0 Å². The fraction of sp³-hybridized carbons (Fsp3) is 0.0656. The second-order valence-corrected chi connectivity index (χ2v) is 31.9. The third-order valence-electron chi connectivity index (χ3n) is 24.1. The summed E-state index contributed by atoms with van der Waals surface area (Å²) in [6.07, 6.45) is 0. The molecule has 0 atom stereocenters. The number of fused-ring (bicyclic) bond motifs is 16. The van der Waals surface area contributed by atoms with Gasteiger partial charge in [-0.05, 0) is 204 Å². The molecule has 0 radical (unpaired) electrons. The number of aryl methyl sites for hydroxylation is 2. The molecule has 6 heteroatoms. The van der Waals surface area contributed by atoms with Crippen LogP contribution in [0.2, 0.25) is 0 Å². The van der Waals surface area contributed by atoms with Crippen molar-refractivity contribution in [2.75, 3.05) is 42.7 Å². The van der Waals surface area contributed by atoms with Crippen LogP contribution in [0.15, 0.2) is 437 Å². The Morgan fingerprint density at radius 1 is 0.125 bits per heavy atom. The molecule has 0 unspecified atom stereocenters. The predicted octanol–water partition coefficient (Wildman–Crippen LogP) is 33.2. The first-order valence-electron chi connectivity index (χ1n) is 43.3. The summed E-state index contributed by atoms with van der Waals surface area (Å²) in [6, 6.07) is 153. The maximum Gasteiger partial charge on any atom is 0.134 e. The van der Waals surface area contributed by atoms with Crippen molar-refractivity contribution in [1.29, 1.82) is 0 Å². The molecule has 0 spiro atoms. The van der Waals surface area contributed by atoms with Gasteiger partial charge in [-0.1, -0.05) is 387 Å². The van der Waals surface area contributed by atoms with Crippen molar-refractivity contribution in [3.63, 3.8) is 0 Å². The number of benzene rings is 25. The maximum absolute atomic E-state index is 5.64. The van der Waals surface area contributed by atoms with Gasteiger partial charge in [-0.25, -0.2) is 0 Å². The quantitative estimate of drug-likeness (QED) is 0.122. The van der Waals surface area contributed by atoms with Crippen LogP contribution in [0.25, 0.3) is 183 Å². The standard InChI is InChI=1S/C20H12.C18H12.C17H16O2.C16H14O2.C15H12.C14H10.C12H12O2.C10H8/c1-2-7-17-15(4-1)12-16-9-8-13-5-3-6-14-10-11-18(17)20(16)19(13)14;1-2-7-15-12-18-16(11-14(15)6-1)10-9-13-5-3-4-8-17(13)18;1-11-8-9-14-15(10-11)17(19-3)13-7-5-4-6-12(13)16(14)18-2;1-17-15-11-7-3-5-9-13(11)16(18-2)14-10-6-4-8-12(14)15;1-11-6-7-14-9-12-4-2-3-5-13(12)10-15(14)8-11;1-2-6-12-10-14-8-4-3-7-13(14)9-11(12)5-1;1-13-11-7-8-12(14-2)10-6-4-3-5-9(10)11;1-2-6-10-8-4-3-7-9(10)5-1/h1-12H;1-12H;4-10H,1-3H3;3-10H,1-2H3;2-10H,1H3;1-10H;3-8H,1-2H3;1-8H. The van der Waals surface area contributed by atoms with Crippen LogP contribution in [-0.4, -0.2) is 42.7 Å². The SMILES string of the molecule is COc1c2ccccc2c(OC)c2cc(C)ccc12.COc1c2ccccc2c(OC)c2ccccc12.COc1ccc(OC)c2ccccc12.Cc1ccc2cc3ccccc3cc2c1.c1ccc2c(c1)cc1ccc3cccc4ccc2c1c34.c1ccc2cc3c(ccc4ccccc43)cc2c1.c1ccc2cc3ccccc3cc2c1.c1ccc2ccccc2c1. The summed E-state index contributed by atoms with van der Waals surface area (Å²) >= 11 is 0.